The Labute approximate surface area is 210 Å². The summed E-state index contributed by atoms with van der Waals surface area (Å²) in [5, 5.41) is 8.94. The number of anilines is 3. The normalized spacial score (nSPS) is 14.9. The van der Waals surface area contributed by atoms with Crippen LogP contribution >= 0.6 is 0 Å². The summed E-state index contributed by atoms with van der Waals surface area (Å²) >= 11 is 0. The first-order chi connectivity index (χ1) is 16.9. The maximum atomic E-state index is 15.0. The van der Waals surface area contributed by atoms with E-state index < -0.39 is 23.4 Å². The van der Waals surface area contributed by atoms with E-state index in [0.29, 0.717) is 17.2 Å². The first-order valence-electron chi connectivity index (χ1n) is 11.7. The molecule has 1 aromatic heterocycles. The Morgan fingerprint density at radius 3 is 2.19 bits per heavy atom. The SMILES string of the molecule is COc1cc(Nc2nc(N[C@H](C3CC3)[C@H](C)NC(=O)OC(C)(C)C)c(F)cc2C(N)=O)cc(OC)c1. The predicted molar refractivity (Wildman–Crippen MR) is 135 cm³/mol. The van der Waals surface area contributed by atoms with E-state index in [2.05, 4.69) is 20.9 Å². The standard InChI is InChI=1S/C25H34FN5O5/c1-13(28-24(33)36-25(2,3)4)20(14-7-8-14)30-23-19(26)12-18(21(27)32)22(31-23)29-15-9-16(34-5)11-17(10-15)35-6/h9-14,20H,7-8H2,1-6H3,(H2,27,32)(H,28,33)(H2,29,30,31)/t13-,20-/m0/s1. The summed E-state index contributed by atoms with van der Waals surface area (Å²) in [4.78, 5) is 28.7. The van der Waals surface area contributed by atoms with Gasteiger partial charge in [0.25, 0.3) is 5.91 Å². The number of nitrogens with one attached hydrogen (secondary N) is 3. The van der Waals surface area contributed by atoms with Gasteiger partial charge in [0, 0.05) is 29.9 Å². The maximum Gasteiger partial charge on any atom is 0.407 e. The number of hydrogen-bond acceptors (Lipinski definition) is 8. The molecule has 0 radical (unpaired) electrons. The van der Waals surface area contributed by atoms with Crippen molar-refractivity contribution in [3.05, 3.63) is 35.6 Å². The molecule has 1 aliphatic rings. The number of nitrogens with two attached hydrogens (primary N) is 1. The zero-order valence-corrected chi connectivity index (χ0v) is 21.4. The van der Waals surface area contributed by atoms with E-state index in [1.165, 1.54) is 14.2 Å². The first-order valence-corrected chi connectivity index (χ1v) is 11.7. The lowest BCUT2D eigenvalue weighted by Crippen LogP contribution is -2.47. The number of benzene rings is 1. The zero-order chi connectivity index (χ0) is 26.6. The second kappa shape index (κ2) is 10.9. The second-order valence-electron chi connectivity index (χ2n) is 9.75. The molecule has 0 spiro atoms. The van der Waals surface area contributed by atoms with Gasteiger partial charge in [0.05, 0.1) is 25.8 Å². The number of amides is 2. The van der Waals surface area contributed by atoms with E-state index in [4.69, 9.17) is 19.9 Å². The first kappa shape index (κ1) is 26.8. The van der Waals surface area contributed by atoms with Crippen molar-refractivity contribution in [2.75, 3.05) is 24.9 Å². The van der Waals surface area contributed by atoms with Gasteiger partial charge in [0.1, 0.15) is 22.9 Å². The molecule has 10 nitrogen and oxygen atoms in total. The van der Waals surface area contributed by atoms with E-state index in [0.717, 1.165) is 18.9 Å². The van der Waals surface area contributed by atoms with Crippen LogP contribution in [0.1, 0.15) is 50.9 Å². The Hall–Kier alpha value is -3.76. The zero-order valence-electron chi connectivity index (χ0n) is 21.4. The van der Waals surface area contributed by atoms with Crippen LogP contribution in [0.25, 0.3) is 0 Å². The van der Waals surface area contributed by atoms with Crippen molar-refractivity contribution in [2.24, 2.45) is 11.7 Å². The molecule has 2 atom stereocenters. The summed E-state index contributed by atoms with van der Waals surface area (Å²) < 4.78 is 31.0. The van der Waals surface area contributed by atoms with Gasteiger partial charge in [0.15, 0.2) is 11.6 Å². The van der Waals surface area contributed by atoms with Gasteiger partial charge in [-0.3, -0.25) is 4.79 Å². The summed E-state index contributed by atoms with van der Waals surface area (Å²) in [6.07, 6.45) is 1.29. The monoisotopic (exact) mass is 503 g/mol. The van der Waals surface area contributed by atoms with E-state index >= 15 is 4.39 Å². The molecule has 1 heterocycles. The molecule has 0 aliphatic heterocycles. The molecule has 1 aliphatic carbocycles. The summed E-state index contributed by atoms with van der Waals surface area (Å²) in [7, 11) is 3.02. The molecule has 2 amide bonds. The highest BCUT2D eigenvalue weighted by atomic mass is 19.1. The van der Waals surface area contributed by atoms with Gasteiger partial charge in [-0.1, -0.05) is 0 Å². The van der Waals surface area contributed by atoms with Crippen molar-refractivity contribution in [3.63, 3.8) is 0 Å². The fourth-order valence-corrected chi connectivity index (χ4v) is 3.74. The number of pyridine rings is 1. The average molecular weight is 504 g/mol. The average Bonchev–Trinajstić information content (AvgIpc) is 3.62. The lowest BCUT2D eigenvalue weighted by Gasteiger charge is -2.28. The lowest BCUT2D eigenvalue weighted by molar-refractivity contribution is 0.0501. The van der Waals surface area contributed by atoms with E-state index in [-0.39, 0.29) is 35.2 Å². The quantitative estimate of drug-likeness (QED) is 0.379. The van der Waals surface area contributed by atoms with Crippen molar-refractivity contribution in [1.82, 2.24) is 10.3 Å². The van der Waals surface area contributed by atoms with Gasteiger partial charge in [-0.2, -0.15) is 0 Å². The number of hydrogen-bond donors (Lipinski definition) is 4. The van der Waals surface area contributed by atoms with Crippen LogP contribution in [-0.4, -0.2) is 48.9 Å². The third-order valence-electron chi connectivity index (χ3n) is 5.57. The molecule has 36 heavy (non-hydrogen) atoms. The molecule has 1 saturated carbocycles. The van der Waals surface area contributed by atoms with Crippen LogP contribution < -0.4 is 31.2 Å². The van der Waals surface area contributed by atoms with Crippen molar-refractivity contribution >= 4 is 29.3 Å². The minimum atomic E-state index is -0.844. The summed E-state index contributed by atoms with van der Waals surface area (Å²) in [5.41, 5.74) is 5.23. The van der Waals surface area contributed by atoms with Crippen LogP contribution in [0.5, 0.6) is 11.5 Å². The van der Waals surface area contributed by atoms with Crippen molar-refractivity contribution < 1.29 is 28.2 Å². The topological polar surface area (TPSA) is 137 Å². The van der Waals surface area contributed by atoms with Gasteiger partial charge in [0.2, 0.25) is 0 Å². The van der Waals surface area contributed by atoms with E-state index in [1.807, 2.05) is 6.92 Å². The maximum absolute atomic E-state index is 15.0. The second-order valence-corrected chi connectivity index (χ2v) is 9.75. The van der Waals surface area contributed by atoms with Crippen LogP contribution in [0.15, 0.2) is 24.3 Å². The molecular weight excluding hydrogens is 469 g/mol. The molecule has 2 aromatic rings. The highest BCUT2D eigenvalue weighted by molar-refractivity contribution is 5.98. The molecule has 3 rings (SSSR count). The largest absolute Gasteiger partial charge is 0.497 e. The van der Waals surface area contributed by atoms with Gasteiger partial charge in [-0.15, -0.1) is 0 Å². The number of aromatic nitrogens is 1. The van der Waals surface area contributed by atoms with Gasteiger partial charge in [-0.05, 0) is 52.5 Å². The number of rotatable bonds is 10. The van der Waals surface area contributed by atoms with Crippen molar-refractivity contribution in [2.45, 2.75) is 58.2 Å². The molecule has 5 N–H and O–H groups in total. The molecule has 1 aromatic carbocycles. The van der Waals surface area contributed by atoms with Crippen LogP contribution in [-0.2, 0) is 4.74 Å². The molecule has 1 fully saturated rings. The smallest absolute Gasteiger partial charge is 0.407 e. The van der Waals surface area contributed by atoms with Crippen LogP contribution in [0.2, 0.25) is 0 Å². The fourth-order valence-electron chi connectivity index (χ4n) is 3.74. The number of alkyl carbamates (subject to hydrolysis) is 1. The van der Waals surface area contributed by atoms with Gasteiger partial charge >= 0.3 is 6.09 Å². The van der Waals surface area contributed by atoms with Gasteiger partial charge in [-0.25, -0.2) is 14.2 Å². The molecular formula is C25H34FN5O5. The summed E-state index contributed by atoms with van der Waals surface area (Å²) in [6, 6.07) is 5.36. The Kier molecular flexibility index (Phi) is 8.11. The Morgan fingerprint density at radius 2 is 1.69 bits per heavy atom. The minimum Gasteiger partial charge on any atom is -0.497 e. The number of ether oxygens (including phenoxy) is 3. The van der Waals surface area contributed by atoms with Crippen molar-refractivity contribution in [1.29, 1.82) is 0 Å². The Bertz CT molecular complexity index is 1090. The number of carbonyl (C=O) groups excluding carboxylic acids is 2. The number of methoxy groups -OCH3 is 2. The highest BCUT2D eigenvalue weighted by Crippen LogP contribution is 2.37. The Morgan fingerprint density at radius 1 is 1.08 bits per heavy atom. The van der Waals surface area contributed by atoms with Gasteiger partial charge < -0.3 is 35.9 Å². The van der Waals surface area contributed by atoms with Crippen LogP contribution in [0.3, 0.4) is 0 Å². The third-order valence-corrected chi connectivity index (χ3v) is 5.57. The highest BCUT2D eigenvalue weighted by Gasteiger charge is 2.37. The predicted octanol–water partition coefficient (Wildman–Crippen LogP) is 4.18. The Balaban J connectivity index is 1.88. The molecule has 0 bridgehead atoms. The van der Waals surface area contributed by atoms with Crippen LogP contribution in [0, 0.1) is 11.7 Å². The fraction of sp³-hybridized carbons (Fsp3) is 0.480. The molecule has 0 saturated heterocycles. The summed E-state index contributed by atoms with van der Waals surface area (Å²) in [5.74, 6) is -0.374. The van der Waals surface area contributed by atoms with Crippen molar-refractivity contribution in [3.8, 4) is 11.5 Å². The lowest BCUT2D eigenvalue weighted by atomic mass is 10.0. The number of halogens is 1. The third kappa shape index (κ3) is 7.12. The molecule has 196 valence electrons. The minimum absolute atomic E-state index is 0.0593. The summed E-state index contributed by atoms with van der Waals surface area (Å²) in [6.45, 7) is 7.15. The molecule has 11 heteroatoms. The van der Waals surface area contributed by atoms with Crippen LogP contribution in [0.4, 0.5) is 26.5 Å². The number of carbonyl (C=O) groups is 2. The number of nitrogens with zero attached hydrogens (tertiary/aromatic N) is 1. The van der Waals surface area contributed by atoms with E-state index in [9.17, 15) is 9.59 Å². The van der Waals surface area contributed by atoms with E-state index in [1.54, 1.807) is 39.0 Å². The number of primary amides is 1. The molecule has 0 unspecified atom stereocenters.